The Balaban J connectivity index is 1.49. The molecule has 2 amide bonds. The maximum Gasteiger partial charge on any atom is 0.407 e. The van der Waals surface area contributed by atoms with Crippen LogP contribution in [0.2, 0.25) is 0 Å². The normalized spacial score (nSPS) is 21.1. The summed E-state index contributed by atoms with van der Waals surface area (Å²) < 4.78 is 25.8. The molecular weight excluding hydrogens is 533 g/mol. The quantitative estimate of drug-likeness (QED) is 0.332. The Labute approximate surface area is 237 Å². The number of aromatic nitrogens is 3. The van der Waals surface area contributed by atoms with Crippen molar-refractivity contribution in [2.24, 2.45) is 11.3 Å². The minimum atomic E-state index is -1.11. The third kappa shape index (κ3) is 5.52. The van der Waals surface area contributed by atoms with E-state index >= 15 is 0 Å². The van der Waals surface area contributed by atoms with Gasteiger partial charge in [-0.1, -0.05) is 20.8 Å². The molecule has 5 rings (SSSR count). The summed E-state index contributed by atoms with van der Waals surface area (Å²) in [4.78, 5) is 38.8. The van der Waals surface area contributed by atoms with E-state index in [-0.39, 0.29) is 24.3 Å². The summed E-state index contributed by atoms with van der Waals surface area (Å²) in [6.45, 7) is 7.94. The number of amides is 2. The van der Waals surface area contributed by atoms with Gasteiger partial charge in [-0.25, -0.2) is 19.2 Å². The number of rotatable bonds is 7. The molecule has 1 saturated heterocycles. The zero-order chi connectivity index (χ0) is 29.6. The first-order valence-corrected chi connectivity index (χ1v) is 13.7. The zero-order valence-corrected chi connectivity index (χ0v) is 23.8. The van der Waals surface area contributed by atoms with Crippen molar-refractivity contribution < 1.29 is 33.7 Å². The Hall–Kier alpha value is -3.93. The van der Waals surface area contributed by atoms with Crippen molar-refractivity contribution in [3.63, 3.8) is 0 Å². The van der Waals surface area contributed by atoms with E-state index < -0.39 is 41.4 Å². The highest BCUT2D eigenvalue weighted by atomic mass is 19.1. The Morgan fingerprint density at radius 3 is 2.56 bits per heavy atom. The van der Waals surface area contributed by atoms with E-state index in [1.54, 1.807) is 6.92 Å². The molecule has 4 N–H and O–H groups in total. The number of ether oxygens (including phenoxy) is 2. The van der Waals surface area contributed by atoms with Gasteiger partial charge in [0.15, 0.2) is 11.6 Å². The lowest BCUT2D eigenvalue weighted by atomic mass is 9.77. The lowest BCUT2D eigenvalue weighted by molar-refractivity contribution is -0.0470. The van der Waals surface area contributed by atoms with Gasteiger partial charge >= 0.3 is 6.09 Å². The molecule has 220 valence electrons. The van der Waals surface area contributed by atoms with Crippen LogP contribution in [0.4, 0.5) is 9.18 Å². The maximum absolute atomic E-state index is 14.6. The number of methoxy groups -OCH3 is 1. The van der Waals surface area contributed by atoms with E-state index in [9.17, 15) is 24.2 Å². The average Bonchev–Trinajstić information content (AvgIpc) is 3.67. The number of carboxylic acid groups (broad SMARTS) is 1. The molecule has 3 aromatic rings. The largest absolute Gasteiger partial charge is 0.494 e. The van der Waals surface area contributed by atoms with Gasteiger partial charge in [0.25, 0.3) is 5.91 Å². The minimum Gasteiger partial charge on any atom is -0.494 e. The standard InChI is InChI=1S/C29H36FN5O6/c1-14-21(27(37)34-18-8-9-35(28(38)39)26(25(18)36)29(2,3)4)23-24(33-14)22(31-13-32-23)16-10-20(40-5)17(30)11-19(16)41-12-15-6-7-15/h10-11,13,15,18,25-26,33,36H,6-9,12H2,1-5H3,(H,34,37)(H,38,39)/t18-,25-,26?/m1/s1. The maximum atomic E-state index is 14.6. The van der Waals surface area contributed by atoms with Crippen LogP contribution in [0.1, 0.15) is 56.1 Å². The lowest BCUT2D eigenvalue weighted by Gasteiger charge is -2.47. The third-order valence-corrected chi connectivity index (χ3v) is 7.88. The fourth-order valence-electron chi connectivity index (χ4n) is 5.68. The van der Waals surface area contributed by atoms with Gasteiger partial charge in [-0.05, 0) is 43.6 Å². The second kappa shape index (κ2) is 10.8. The molecule has 0 spiro atoms. The van der Waals surface area contributed by atoms with Gasteiger partial charge in [0.05, 0.1) is 43.0 Å². The van der Waals surface area contributed by atoms with E-state index in [4.69, 9.17) is 9.47 Å². The second-order valence-electron chi connectivity index (χ2n) is 12.0. The number of piperidine rings is 1. The molecule has 2 aromatic heterocycles. The predicted molar refractivity (Wildman–Crippen MR) is 149 cm³/mol. The smallest absolute Gasteiger partial charge is 0.407 e. The van der Waals surface area contributed by atoms with E-state index in [2.05, 4.69) is 20.3 Å². The number of aliphatic hydroxyl groups excluding tert-OH is 1. The number of hydrogen-bond donors (Lipinski definition) is 4. The number of likely N-dealkylation sites (tertiary alicyclic amines) is 1. The zero-order valence-electron chi connectivity index (χ0n) is 23.8. The van der Waals surface area contributed by atoms with Gasteiger partial charge in [0.2, 0.25) is 0 Å². The molecule has 3 atom stereocenters. The molecular formula is C29H36FN5O6. The van der Waals surface area contributed by atoms with E-state index in [1.165, 1.54) is 30.5 Å². The number of carbonyl (C=O) groups excluding carboxylic acids is 1. The monoisotopic (exact) mass is 569 g/mol. The van der Waals surface area contributed by atoms with Crippen LogP contribution in [0, 0.1) is 24.1 Å². The highest BCUT2D eigenvalue weighted by Crippen LogP contribution is 2.40. The van der Waals surface area contributed by atoms with Crippen LogP contribution in [-0.4, -0.2) is 80.5 Å². The Bertz CT molecular complexity index is 1480. The number of halogens is 1. The summed E-state index contributed by atoms with van der Waals surface area (Å²) in [5.41, 5.74) is 1.98. The van der Waals surface area contributed by atoms with Gasteiger partial charge in [0, 0.05) is 23.9 Å². The fraction of sp³-hybridized carbons (Fsp3) is 0.517. The molecule has 0 radical (unpaired) electrons. The minimum absolute atomic E-state index is 0.0295. The van der Waals surface area contributed by atoms with E-state index in [0.29, 0.717) is 46.3 Å². The topological polar surface area (TPSA) is 150 Å². The molecule has 1 aromatic carbocycles. The summed E-state index contributed by atoms with van der Waals surface area (Å²) in [5, 5.41) is 23.8. The fourth-order valence-corrected chi connectivity index (χ4v) is 5.68. The summed E-state index contributed by atoms with van der Waals surface area (Å²) >= 11 is 0. The van der Waals surface area contributed by atoms with Crippen molar-refractivity contribution in [3.05, 3.63) is 35.5 Å². The average molecular weight is 570 g/mol. The van der Waals surface area contributed by atoms with Crippen molar-refractivity contribution in [2.75, 3.05) is 20.3 Å². The molecule has 1 aliphatic carbocycles. The number of H-pyrrole nitrogens is 1. The van der Waals surface area contributed by atoms with Gasteiger partial charge in [-0.2, -0.15) is 0 Å². The van der Waals surface area contributed by atoms with Crippen LogP contribution in [0.5, 0.6) is 11.5 Å². The van der Waals surface area contributed by atoms with Crippen molar-refractivity contribution >= 4 is 23.0 Å². The number of aromatic amines is 1. The Morgan fingerprint density at radius 2 is 1.93 bits per heavy atom. The first-order valence-electron chi connectivity index (χ1n) is 13.7. The highest BCUT2D eigenvalue weighted by molar-refractivity contribution is 6.09. The molecule has 2 aliphatic rings. The molecule has 2 fully saturated rings. The van der Waals surface area contributed by atoms with Crippen LogP contribution in [0.15, 0.2) is 18.5 Å². The van der Waals surface area contributed by atoms with E-state index in [1.807, 2.05) is 20.8 Å². The van der Waals surface area contributed by atoms with Crippen LogP contribution in [0.25, 0.3) is 22.3 Å². The van der Waals surface area contributed by atoms with Gasteiger partial charge in [-0.3, -0.25) is 4.79 Å². The van der Waals surface area contributed by atoms with Gasteiger partial charge < -0.3 is 34.9 Å². The highest BCUT2D eigenvalue weighted by Gasteiger charge is 2.46. The number of nitrogens with one attached hydrogen (secondary N) is 2. The molecule has 1 aliphatic heterocycles. The molecule has 41 heavy (non-hydrogen) atoms. The van der Waals surface area contributed by atoms with Crippen molar-refractivity contribution in [3.8, 4) is 22.8 Å². The van der Waals surface area contributed by atoms with Crippen LogP contribution < -0.4 is 14.8 Å². The number of nitrogens with zero attached hydrogens (tertiary/aromatic N) is 3. The third-order valence-electron chi connectivity index (χ3n) is 7.88. The summed E-state index contributed by atoms with van der Waals surface area (Å²) in [6, 6.07) is 1.43. The Kier molecular flexibility index (Phi) is 7.54. The van der Waals surface area contributed by atoms with Crippen LogP contribution >= 0.6 is 0 Å². The number of aliphatic hydroxyl groups is 1. The van der Waals surface area contributed by atoms with Crippen molar-refractivity contribution in [1.29, 1.82) is 0 Å². The molecule has 1 saturated carbocycles. The van der Waals surface area contributed by atoms with Gasteiger partial charge in [-0.15, -0.1) is 0 Å². The summed E-state index contributed by atoms with van der Waals surface area (Å²) in [5.74, 6) is -0.231. The molecule has 0 bridgehead atoms. The number of benzene rings is 1. The number of hydrogen-bond acceptors (Lipinski definition) is 7. The molecule has 1 unspecified atom stereocenters. The number of aryl methyl sites for hydroxylation is 1. The van der Waals surface area contributed by atoms with Crippen LogP contribution in [0.3, 0.4) is 0 Å². The number of carbonyl (C=O) groups is 2. The second-order valence-corrected chi connectivity index (χ2v) is 12.0. The van der Waals surface area contributed by atoms with Crippen LogP contribution in [-0.2, 0) is 0 Å². The Morgan fingerprint density at radius 1 is 1.20 bits per heavy atom. The number of fused-ring (bicyclic) bond motifs is 1. The SMILES string of the molecule is COc1cc(-c2ncnc3c(C(=O)N[C@@H]4CCN(C(=O)O)C(C(C)(C)C)[C@@H]4O)c(C)[nH]c23)c(OCC2CC2)cc1F. The van der Waals surface area contributed by atoms with Crippen molar-refractivity contribution in [2.45, 2.75) is 65.1 Å². The molecule has 12 heteroatoms. The van der Waals surface area contributed by atoms with E-state index in [0.717, 1.165) is 12.8 Å². The summed E-state index contributed by atoms with van der Waals surface area (Å²) in [6.07, 6.45) is 1.50. The summed E-state index contributed by atoms with van der Waals surface area (Å²) in [7, 11) is 1.38. The lowest BCUT2D eigenvalue weighted by Crippen LogP contribution is -2.64. The first kappa shape index (κ1) is 28.6. The van der Waals surface area contributed by atoms with Gasteiger partial charge in [0.1, 0.15) is 23.3 Å². The molecule has 3 heterocycles. The first-order chi connectivity index (χ1) is 19.4. The predicted octanol–water partition coefficient (Wildman–Crippen LogP) is 4.13. The van der Waals surface area contributed by atoms with Crippen molar-refractivity contribution in [1.82, 2.24) is 25.2 Å². The molecule has 11 nitrogen and oxygen atoms in total.